The van der Waals surface area contributed by atoms with Gasteiger partial charge in [-0.2, -0.15) is 0 Å². The molecule has 0 aromatic carbocycles. The number of hydrogen-bond acceptors (Lipinski definition) is 7. The Morgan fingerprint density at radius 1 is 1.32 bits per heavy atom. The molecule has 8 nitrogen and oxygen atoms in total. The average molecular weight is 268 g/mol. The molecule has 19 heavy (non-hydrogen) atoms. The van der Waals surface area contributed by atoms with Gasteiger partial charge in [-0.05, 0) is 20.8 Å². The first-order valence-electron chi connectivity index (χ1n) is 5.72. The summed E-state index contributed by atoms with van der Waals surface area (Å²) in [6.07, 6.45) is 0.882. The summed E-state index contributed by atoms with van der Waals surface area (Å²) in [4.78, 5) is 22.7. The lowest BCUT2D eigenvalue weighted by Crippen LogP contribution is -2.28. The molecular formula is C11H16N4O4. The molecule has 0 amide bonds. The maximum atomic E-state index is 11.6. The van der Waals surface area contributed by atoms with E-state index in [2.05, 4.69) is 20.4 Å². The molecule has 1 unspecified atom stereocenters. The molecule has 0 aliphatic carbocycles. The molecule has 1 atom stereocenters. The van der Waals surface area contributed by atoms with Gasteiger partial charge in [0.25, 0.3) is 0 Å². The summed E-state index contributed by atoms with van der Waals surface area (Å²) in [7, 11) is 0. The molecular weight excluding hydrogens is 252 g/mol. The van der Waals surface area contributed by atoms with Crippen LogP contribution in [0.1, 0.15) is 33.0 Å². The highest BCUT2D eigenvalue weighted by molar-refractivity contribution is 5.79. The minimum absolute atomic E-state index is 0.0184. The van der Waals surface area contributed by atoms with Crippen LogP contribution >= 0.6 is 0 Å². The number of aliphatic carboxylic acids is 1. The second-order valence-electron chi connectivity index (χ2n) is 4.99. The molecule has 1 N–H and O–H groups in total. The maximum absolute atomic E-state index is 11.6. The van der Waals surface area contributed by atoms with Gasteiger partial charge in [-0.3, -0.25) is 9.59 Å². The average Bonchev–Trinajstić information content (AvgIpc) is 2.26. The van der Waals surface area contributed by atoms with Crippen LogP contribution in [-0.2, 0) is 20.7 Å². The Kier molecular flexibility index (Phi) is 4.85. The molecule has 0 fully saturated rings. The molecule has 0 saturated heterocycles. The number of aromatic nitrogens is 4. The quantitative estimate of drug-likeness (QED) is 0.755. The van der Waals surface area contributed by atoms with Crippen molar-refractivity contribution >= 4 is 11.9 Å². The van der Waals surface area contributed by atoms with E-state index < -0.39 is 23.5 Å². The lowest BCUT2D eigenvalue weighted by Gasteiger charge is -2.20. The Morgan fingerprint density at radius 3 is 2.37 bits per heavy atom. The zero-order chi connectivity index (χ0) is 14.5. The molecule has 1 aromatic heterocycles. The molecule has 0 aliphatic heterocycles. The summed E-state index contributed by atoms with van der Waals surface area (Å²) in [5.41, 5.74) is -0.646. The molecule has 0 bridgehead atoms. The zero-order valence-corrected chi connectivity index (χ0v) is 11.0. The van der Waals surface area contributed by atoms with Gasteiger partial charge in [-0.1, -0.05) is 0 Å². The summed E-state index contributed by atoms with van der Waals surface area (Å²) in [5, 5.41) is 23.4. The highest BCUT2D eigenvalue weighted by atomic mass is 16.6. The molecule has 0 spiro atoms. The molecule has 104 valence electrons. The van der Waals surface area contributed by atoms with Crippen LogP contribution in [0.5, 0.6) is 0 Å². The van der Waals surface area contributed by atoms with E-state index in [0.29, 0.717) is 0 Å². The third-order valence-corrected chi connectivity index (χ3v) is 2.06. The van der Waals surface area contributed by atoms with Gasteiger partial charge in [0, 0.05) is 6.42 Å². The summed E-state index contributed by atoms with van der Waals surface area (Å²) < 4.78 is 5.08. The van der Waals surface area contributed by atoms with Crippen molar-refractivity contribution in [2.24, 2.45) is 5.92 Å². The minimum Gasteiger partial charge on any atom is -0.481 e. The van der Waals surface area contributed by atoms with Crippen LogP contribution in [0.15, 0.2) is 6.33 Å². The van der Waals surface area contributed by atoms with Crippen molar-refractivity contribution in [1.82, 2.24) is 20.4 Å². The number of rotatable bonds is 5. The van der Waals surface area contributed by atoms with Crippen molar-refractivity contribution in [3.05, 3.63) is 12.2 Å². The Balaban J connectivity index is 2.64. The van der Waals surface area contributed by atoms with Crippen molar-refractivity contribution in [2.75, 3.05) is 0 Å². The van der Waals surface area contributed by atoms with E-state index in [-0.39, 0.29) is 18.7 Å². The topological polar surface area (TPSA) is 115 Å². The molecule has 8 heteroatoms. The van der Waals surface area contributed by atoms with Gasteiger partial charge >= 0.3 is 11.9 Å². The largest absolute Gasteiger partial charge is 0.481 e. The second-order valence-corrected chi connectivity index (χ2v) is 4.99. The SMILES string of the molecule is CC(C)(C)OC(=O)CC(Cc1nncnn1)C(=O)O. The smallest absolute Gasteiger partial charge is 0.307 e. The number of hydrogen-bond donors (Lipinski definition) is 1. The highest BCUT2D eigenvalue weighted by Crippen LogP contribution is 2.14. The van der Waals surface area contributed by atoms with Crippen molar-refractivity contribution in [2.45, 2.75) is 39.2 Å². The third kappa shape index (κ3) is 5.84. The number of ether oxygens (including phenoxy) is 1. The minimum atomic E-state index is -1.11. The zero-order valence-electron chi connectivity index (χ0n) is 11.0. The number of carbonyl (C=O) groups excluding carboxylic acids is 1. The fourth-order valence-electron chi connectivity index (χ4n) is 1.36. The molecule has 1 heterocycles. The fourth-order valence-corrected chi connectivity index (χ4v) is 1.36. The molecule has 0 radical (unpaired) electrons. The van der Waals surface area contributed by atoms with Gasteiger partial charge in [-0.15, -0.1) is 20.4 Å². The van der Waals surface area contributed by atoms with Crippen molar-refractivity contribution in [3.63, 3.8) is 0 Å². The van der Waals surface area contributed by atoms with Crippen LogP contribution < -0.4 is 0 Å². The summed E-state index contributed by atoms with van der Waals surface area (Å²) in [6.45, 7) is 5.15. The predicted molar refractivity (Wildman–Crippen MR) is 62.9 cm³/mol. The van der Waals surface area contributed by atoms with Crippen molar-refractivity contribution in [1.29, 1.82) is 0 Å². The summed E-state index contributed by atoms with van der Waals surface area (Å²) in [6, 6.07) is 0. The van der Waals surface area contributed by atoms with E-state index >= 15 is 0 Å². The highest BCUT2D eigenvalue weighted by Gasteiger charge is 2.26. The van der Waals surface area contributed by atoms with E-state index in [1.54, 1.807) is 20.8 Å². The number of carboxylic acid groups (broad SMARTS) is 1. The number of carboxylic acids is 1. The van der Waals surface area contributed by atoms with Crippen LogP contribution in [0.2, 0.25) is 0 Å². The maximum Gasteiger partial charge on any atom is 0.307 e. The van der Waals surface area contributed by atoms with Gasteiger partial charge in [0.15, 0.2) is 12.2 Å². The summed E-state index contributed by atoms with van der Waals surface area (Å²) >= 11 is 0. The Bertz CT molecular complexity index is 444. The van der Waals surface area contributed by atoms with Crippen molar-refractivity contribution in [3.8, 4) is 0 Å². The standard InChI is InChI=1S/C11H16N4O4/c1-11(2,3)19-9(16)5-7(10(17)18)4-8-14-12-6-13-15-8/h6-7H,4-5H2,1-3H3,(H,17,18). The Labute approximate surface area is 110 Å². The number of carbonyl (C=O) groups is 2. The van der Waals surface area contributed by atoms with Crippen LogP contribution in [0.3, 0.4) is 0 Å². The van der Waals surface area contributed by atoms with Crippen molar-refractivity contribution < 1.29 is 19.4 Å². The fraction of sp³-hybridized carbons (Fsp3) is 0.636. The van der Waals surface area contributed by atoms with Crippen LogP contribution in [0, 0.1) is 5.92 Å². The first-order valence-corrected chi connectivity index (χ1v) is 5.72. The van der Waals surface area contributed by atoms with Crippen LogP contribution in [0.4, 0.5) is 0 Å². The van der Waals surface area contributed by atoms with Gasteiger partial charge in [0.2, 0.25) is 0 Å². The number of nitrogens with zero attached hydrogens (tertiary/aromatic N) is 4. The van der Waals surface area contributed by atoms with Gasteiger partial charge in [-0.25, -0.2) is 0 Å². The van der Waals surface area contributed by atoms with E-state index in [4.69, 9.17) is 9.84 Å². The van der Waals surface area contributed by atoms with E-state index in [0.717, 1.165) is 6.33 Å². The second kappa shape index (κ2) is 6.17. The third-order valence-electron chi connectivity index (χ3n) is 2.06. The van der Waals surface area contributed by atoms with Gasteiger partial charge < -0.3 is 9.84 Å². The monoisotopic (exact) mass is 268 g/mol. The van der Waals surface area contributed by atoms with E-state index in [1.807, 2.05) is 0 Å². The molecule has 0 saturated carbocycles. The van der Waals surface area contributed by atoms with E-state index in [1.165, 1.54) is 0 Å². The van der Waals surface area contributed by atoms with Crippen LogP contribution in [0.25, 0.3) is 0 Å². The molecule has 1 aromatic rings. The lowest BCUT2D eigenvalue weighted by molar-refractivity contribution is -0.159. The molecule has 1 rings (SSSR count). The lowest BCUT2D eigenvalue weighted by atomic mass is 10.0. The Morgan fingerprint density at radius 2 is 1.89 bits per heavy atom. The van der Waals surface area contributed by atoms with Gasteiger partial charge in [0.1, 0.15) is 5.60 Å². The van der Waals surface area contributed by atoms with Crippen LogP contribution in [-0.4, -0.2) is 43.0 Å². The van der Waals surface area contributed by atoms with Gasteiger partial charge in [0.05, 0.1) is 12.3 Å². The first-order chi connectivity index (χ1) is 8.78. The summed E-state index contributed by atoms with van der Waals surface area (Å²) in [5.74, 6) is -2.46. The van der Waals surface area contributed by atoms with E-state index in [9.17, 15) is 9.59 Å². The first kappa shape index (κ1) is 14.9. The molecule has 0 aliphatic rings. The predicted octanol–water partition coefficient (Wildman–Crippen LogP) is 0.242. The normalized spacial score (nSPS) is 12.8. The number of esters is 1. The Hall–Kier alpha value is -2.12.